The van der Waals surface area contributed by atoms with E-state index in [4.69, 9.17) is 0 Å². The van der Waals surface area contributed by atoms with E-state index in [0.29, 0.717) is 30.5 Å². The lowest BCUT2D eigenvalue weighted by molar-refractivity contribution is -0.133. The molecule has 2 atom stereocenters. The number of carbonyl (C=O) groups is 2. The molecule has 136 valence electrons. The van der Waals surface area contributed by atoms with Crippen LogP contribution in [0.5, 0.6) is 0 Å². The van der Waals surface area contributed by atoms with Crippen LogP contribution in [0.4, 0.5) is 0 Å². The normalized spacial score (nSPS) is 29.0. The van der Waals surface area contributed by atoms with Gasteiger partial charge in [0, 0.05) is 64.8 Å². The van der Waals surface area contributed by atoms with E-state index in [1.54, 1.807) is 6.92 Å². The number of hydrogen-bond donors (Lipinski definition) is 0. The van der Waals surface area contributed by atoms with E-state index < -0.39 is 0 Å². The summed E-state index contributed by atoms with van der Waals surface area (Å²) in [7, 11) is 0. The quantitative estimate of drug-likeness (QED) is 0.733. The van der Waals surface area contributed by atoms with Gasteiger partial charge in [-0.05, 0) is 25.7 Å². The fourth-order valence-corrected chi connectivity index (χ4v) is 4.33. The van der Waals surface area contributed by atoms with Gasteiger partial charge in [-0.1, -0.05) is 6.92 Å². The number of likely N-dealkylation sites (tertiary alicyclic amines) is 1. The van der Waals surface area contributed by atoms with Crippen molar-refractivity contribution >= 4 is 11.8 Å². The SMILES string of the molecule is CCN(C(=O)CN1C[C@@H](C)[C@H](N2CCN(C(C)=O)CC2)C1)C1CC1. The van der Waals surface area contributed by atoms with E-state index in [9.17, 15) is 9.59 Å². The minimum atomic E-state index is 0.182. The van der Waals surface area contributed by atoms with Crippen LogP contribution < -0.4 is 0 Å². The highest BCUT2D eigenvalue weighted by atomic mass is 16.2. The standard InChI is InChI=1S/C18H32N4O2/c1-4-22(16-5-6-16)18(24)13-19-11-14(2)17(12-19)21-9-7-20(8-10-21)15(3)23/h14,16-17H,4-13H2,1-3H3/t14-,17-/m1/s1. The molecule has 3 aliphatic rings. The summed E-state index contributed by atoms with van der Waals surface area (Å²) in [4.78, 5) is 32.9. The first-order valence-electron chi connectivity index (χ1n) is 9.51. The third kappa shape index (κ3) is 3.91. The summed E-state index contributed by atoms with van der Waals surface area (Å²) in [6, 6.07) is 1.03. The summed E-state index contributed by atoms with van der Waals surface area (Å²) < 4.78 is 0. The lowest BCUT2D eigenvalue weighted by Gasteiger charge is -2.39. The highest BCUT2D eigenvalue weighted by Crippen LogP contribution is 2.28. The van der Waals surface area contributed by atoms with Crippen molar-refractivity contribution in [2.45, 2.75) is 45.7 Å². The zero-order chi connectivity index (χ0) is 17.3. The molecule has 0 N–H and O–H groups in total. The van der Waals surface area contributed by atoms with E-state index in [1.807, 2.05) is 4.90 Å². The largest absolute Gasteiger partial charge is 0.340 e. The Hall–Kier alpha value is -1.14. The zero-order valence-corrected chi connectivity index (χ0v) is 15.4. The number of carbonyl (C=O) groups excluding carboxylic acids is 2. The Morgan fingerprint density at radius 2 is 1.75 bits per heavy atom. The van der Waals surface area contributed by atoms with Gasteiger partial charge in [0.25, 0.3) is 0 Å². The van der Waals surface area contributed by atoms with Crippen LogP contribution in [-0.4, -0.2) is 95.9 Å². The monoisotopic (exact) mass is 336 g/mol. The van der Waals surface area contributed by atoms with Crippen LogP contribution in [0.1, 0.15) is 33.6 Å². The van der Waals surface area contributed by atoms with Crippen molar-refractivity contribution in [3.63, 3.8) is 0 Å². The topological polar surface area (TPSA) is 47.1 Å². The first-order chi connectivity index (χ1) is 11.5. The Morgan fingerprint density at radius 1 is 1.08 bits per heavy atom. The summed E-state index contributed by atoms with van der Waals surface area (Å²) >= 11 is 0. The Bertz CT molecular complexity index is 472. The number of piperazine rings is 1. The van der Waals surface area contributed by atoms with Gasteiger partial charge >= 0.3 is 0 Å². The molecule has 6 heteroatoms. The highest BCUT2D eigenvalue weighted by Gasteiger charge is 2.38. The van der Waals surface area contributed by atoms with Gasteiger partial charge in [-0.25, -0.2) is 0 Å². The molecule has 0 aromatic rings. The zero-order valence-electron chi connectivity index (χ0n) is 15.4. The van der Waals surface area contributed by atoms with Gasteiger partial charge in [0.15, 0.2) is 0 Å². The number of hydrogen-bond acceptors (Lipinski definition) is 4. The van der Waals surface area contributed by atoms with Gasteiger partial charge in [-0.2, -0.15) is 0 Å². The Morgan fingerprint density at radius 3 is 2.29 bits per heavy atom. The van der Waals surface area contributed by atoms with E-state index in [0.717, 1.165) is 45.8 Å². The number of likely N-dealkylation sites (N-methyl/N-ethyl adjacent to an activating group) is 1. The molecule has 0 spiro atoms. The van der Waals surface area contributed by atoms with Gasteiger partial charge in [-0.15, -0.1) is 0 Å². The molecule has 2 amide bonds. The first-order valence-corrected chi connectivity index (χ1v) is 9.51. The van der Waals surface area contributed by atoms with Gasteiger partial charge in [0.05, 0.1) is 6.54 Å². The minimum Gasteiger partial charge on any atom is -0.340 e. The van der Waals surface area contributed by atoms with Crippen molar-refractivity contribution in [1.29, 1.82) is 0 Å². The summed E-state index contributed by atoms with van der Waals surface area (Å²) in [5.41, 5.74) is 0. The molecular formula is C18H32N4O2. The average Bonchev–Trinajstić information content (AvgIpc) is 3.31. The second-order valence-corrected chi connectivity index (χ2v) is 7.69. The molecule has 0 aromatic carbocycles. The first kappa shape index (κ1) is 17.7. The van der Waals surface area contributed by atoms with Gasteiger partial charge in [0.1, 0.15) is 0 Å². The molecule has 2 aliphatic heterocycles. The van der Waals surface area contributed by atoms with Crippen molar-refractivity contribution in [3.05, 3.63) is 0 Å². The highest BCUT2D eigenvalue weighted by molar-refractivity contribution is 5.79. The van der Waals surface area contributed by atoms with Crippen molar-refractivity contribution < 1.29 is 9.59 Å². The summed E-state index contributed by atoms with van der Waals surface area (Å²) in [5, 5.41) is 0. The maximum absolute atomic E-state index is 12.5. The minimum absolute atomic E-state index is 0.182. The summed E-state index contributed by atoms with van der Waals surface area (Å²) in [6.45, 7) is 13.0. The van der Waals surface area contributed by atoms with Crippen LogP contribution in [0.3, 0.4) is 0 Å². The molecule has 2 heterocycles. The maximum Gasteiger partial charge on any atom is 0.236 e. The summed E-state index contributed by atoms with van der Waals surface area (Å²) in [5.74, 6) is 1.06. The van der Waals surface area contributed by atoms with E-state index in [-0.39, 0.29) is 5.91 Å². The van der Waals surface area contributed by atoms with Crippen molar-refractivity contribution in [1.82, 2.24) is 19.6 Å². The fourth-order valence-electron chi connectivity index (χ4n) is 4.33. The number of rotatable bonds is 5. The van der Waals surface area contributed by atoms with Crippen LogP contribution in [0.15, 0.2) is 0 Å². The van der Waals surface area contributed by atoms with Crippen molar-refractivity contribution in [2.24, 2.45) is 5.92 Å². The van der Waals surface area contributed by atoms with E-state index in [1.165, 1.54) is 12.8 Å². The van der Waals surface area contributed by atoms with Crippen LogP contribution in [0, 0.1) is 5.92 Å². The Kier molecular flexibility index (Phi) is 5.45. The molecule has 0 bridgehead atoms. The van der Waals surface area contributed by atoms with E-state index >= 15 is 0 Å². The Balaban J connectivity index is 1.49. The number of amides is 2. The smallest absolute Gasteiger partial charge is 0.236 e. The molecule has 3 rings (SSSR count). The van der Waals surface area contributed by atoms with Crippen molar-refractivity contribution in [2.75, 3.05) is 52.4 Å². The molecular weight excluding hydrogens is 304 g/mol. The van der Waals surface area contributed by atoms with Gasteiger partial charge in [0.2, 0.25) is 11.8 Å². The molecule has 1 saturated carbocycles. The van der Waals surface area contributed by atoms with Gasteiger partial charge in [-0.3, -0.25) is 19.4 Å². The maximum atomic E-state index is 12.5. The van der Waals surface area contributed by atoms with Crippen molar-refractivity contribution in [3.8, 4) is 0 Å². The van der Waals surface area contributed by atoms with Crippen LogP contribution in [0.25, 0.3) is 0 Å². The number of nitrogens with zero attached hydrogens (tertiary/aromatic N) is 4. The molecule has 24 heavy (non-hydrogen) atoms. The second-order valence-electron chi connectivity index (χ2n) is 7.69. The summed E-state index contributed by atoms with van der Waals surface area (Å²) in [6.07, 6.45) is 2.36. The molecule has 2 saturated heterocycles. The Labute approximate surface area is 145 Å². The molecule has 1 aliphatic carbocycles. The van der Waals surface area contributed by atoms with Gasteiger partial charge < -0.3 is 9.80 Å². The van der Waals surface area contributed by atoms with Crippen LogP contribution in [0.2, 0.25) is 0 Å². The molecule has 0 radical (unpaired) electrons. The fraction of sp³-hybridized carbons (Fsp3) is 0.889. The molecule has 0 aromatic heterocycles. The third-order valence-electron chi connectivity index (χ3n) is 5.88. The van der Waals surface area contributed by atoms with E-state index in [2.05, 4.69) is 28.5 Å². The lowest BCUT2D eigenvalue weighted by atomic mass is 10.0. The second kappa shape index (κ2) is 7.40. The predicted molar refractivity (Wildman–Crippen MR) is 93.6 cm³/mol. The molecule has 3 fully saturated rings. The van der Waals surface area contributed by atoms with Crippen LogP contribution >= 0.6 is 0 Å². The molecule has 6 nitrogen and oxygen atoms in total. The predicted octanol–water partition coefficient (Wildman–Crippen LogP) is 0.482. The lowest BCUT2D eigenvalue weighted by Crippen LogP contribution is -2.53. The molecule has 0 unspecified atom stereocenters. The average molecular weight is 336 g/mol. The third-order valence-corrected chi connectivity index (χ3v) is 5.88. The van der Waals surface area contributed by atoms with Crippen LogP contribution in [-0.2, 0) is 9.59 Å².